The van der Waals surface area contributed by atoms with Crippen LogP contribution in [0.25, 0.3) is 0 Å². The van der Waals surface area contributed by atoms with Gasteiger partial charge in [-0.05, 0) is 31.5 Å². The molecule has 0 unspecified atom stereocenters. The van der Waals surface area contributed by atoms with Crippen LogP contribution in [0, 0.1) is 12.8 Å². The fourth-order valence-electron chi connectivity index (χ4n) is 3.14. The zero-order valence-electron chi connectivity index (χ0n) is 15.1. The highest BCUT2D eigenvalue weighted by atomic mass is 16.5. The summed E-state index contributed by atoms with van der Waals surface area (Å²) in [6, 6.07) is 8.32. The lowest BCUT2D eigenvalue weighted by molar-refractivity contribution is 0.181. The number of benzene rings is 1. The van der Waals surface area contributed by atoms with Gasteiger partial charge < -0.3 is 24.1 Å². The average molecular weight is 346 g/mol. The van der Waals surface area contributed by atoms with Crippen LogP contribution < -0.4 is 14.8 Å². The maximum absolute atomic E-state index is 5.67. The zero-order valence-corrected chi connectivity index (χ0v) is 15.1. The fourth-order valence-corrected chi connectivity index (χ4v) is 3.14. The van der Waals surface area contributed by atoms with Crippen LogP contribution in [0.4, 0.5) is 0 Å². The van der Waals surface area contributed by atoms with E-state index in [2.05, 4.69) is 16.5 Å². The Bertz CT molecular complexity index is 686. The highest BCUT2D eigenvalue weighted by Crippen LogP contribution is 2.28. The first-order chi connectivity index (χ1) is 12.2. The molecule has 6 nitrogen and oxygen atoms in total. The summed E-state index contributed by atoms with van der Waals surface area (Å²) in [4.78, 5) is 0. The van der Waals surface area contributed by atoms with Crippen molar-refractivity contribution in [3.8, 4) is 11.5 Å². The molecule has 1 N–H and O–H groups in total. The van der Waals surface area contributed by atoms with Crippen LogP contribution >= 0.6 is 0 Å². The van der Waals surface area contributed by atoms with Gasteiger partial charge in [0, 0.05) is 31.0 Å². The van der Waals surface area contributed by atoms with E-state index in [-0.39, 0.29) is 0 Å². The van der Waals surface area contributed by atoms with Crippen molar-refractivity contribution >= 4 is 0 Å². The Kier molecular flexibility index (Phi) is 5.94. The number of hydrogen-bond acceptors (Lipinski definition) is 6. The van der Waals surface area contributed by atoms with Gasteiger partial charge in [-0.15, -0.1) is 0 Å². The molecular formula is C19H26N2O4. The van der Waals surface area contributed by atoms with Crippen LogP contribution in [0.3, 0.4) is 0 Å². The van der Waals surface area contributed by atoms with Crippen LogP contribution in [-0.4, -0.2) is 38.1 Å². The van der Waals surface area contributed by atoms with E-state index in [9.17, 15) is 0 Å². The number of aryl methyl sites for hydroxylation is 1. The second kappa shape index (κ2) is 8.36. The van der Waals surface area contributed by atoms with Crippen LogP contribution in [-0.2, 0) is 17.7 Å². The predicted molar refractivity (Wildman–Crippen MR) is 94.0 cm³/mol. The molecule has 0 bridgehead atoms. The molecule has 1 aromatic heterocycles. The number of aromatic nitrogens is 1. The van der Waals surface area contributed by atoms with Gasteiger partial charge in [0.2, 0.25) is 0 Å². The van der Waals surface area contributed by atoms with Crippen molar-refractivity contribution in [3.05, 3.63) is 41.3 Å². The van der Waals surface area contributed by atoms with Gasteiger partial charge in [-0.3, -0.25) is 0 Å². The molecule has 6 heteroatoms. The Morgan fingerprint density at radius 1 is 1.24 bits per heavy atom. The van der Waals surface area contributed by atoms with Gasteiger partial charge >= 0.3 is 0 Å². The molecule has 1 aliphatic rings. The minimum atomic E-state index is 0.294. The normalized spacial score (nSPS) is 20.0. The van der Waals surface area contributed by atoms with Crippen molar-refractivity contribution in [2.75, 3.05) is 26.9 Å². The summed E-state index contributed by atoms with van der Waals surface area (Å²) in [5.41, 5.74) is 2.07. The molecular weight excluding hydrogens is 320 g/mol. The van der Waals surface area contributed by atoms with E-state index in [1.165, 1.54) is 0 Å². The molecule has 1 saturated heterocycles. The fraction of sp³-hybridized carbons (Fsp3) is 0.526. The van der Waals surface area contributed by atoms with Crippen molar-refractivity contribution in [1.82, 2.24) is 10.5 Å². The Morgan fingerprint density at radius 3 is 2.84 bits per heavy atom. The molecule has 3 rings (SSSR count). The quantitative estimate of drug-likeness (QED) is 0.793. The molecule has 1 aliphatic heterocycles. The van der Waals surface area contributed by atoms with E-state index in [1.54, 1.807) is 7.11 Å². The molecule has 2 atom stereocenters. The third kappa shape index (κ3) is 4.52. The van der Waals surface area contributed by atoms with E-state index < -0.39 is 0 Å². The van der Waals surface area contributed by atoms with Gasteiger partial charge in [0.05, 0.1) is 32.6 Å². The Morgan fingerprint density at radius 2 is 2.12 bits per heavy atom. The average Bonchev–Trinajstić information content (AvgIpc) is 3.22. The van der Waals surface area contributed by atoms with Crippen LogP contribution in [0.1, 0.15) is 23.9 Å². The monoisotopic (exact) mass is 346 g/mol. The maximum atomic E-state index is 5.67. The first-order valence-electron chi connectivity index (χ1n) is 8.72. The lowest BCUT2D eigenvalue weighted by Crippen LogP contribution is -2.36. The zero-order chi connectivity index (χ0) is 17.6. The van der Waals surface area contributed by atoms with Gasteiger partial charge in [-0.2, -0.15) is 0 Å². The number of nitrogens with one attached hydrogen (secondary N) is 1. The molecule has 2 aromatic rings. The van der Waals surface area contributed by atoms with E-state index in [1.807, 2.05) is 32.0 Å². The Balaban J connectivity index is 1.59. The van der Waals surface area contributed by atoms with E-state index in [0.717, 1.165) is 48.1 Å². The van der Waals surface area contributed by atoms with Crippen molar-refractivity contribution in [2.24, 2.45) is 5.92 Å². The first kappa shape index (κ1) is 17.8. The van der Waals surface area contributed by atoms with Gasteiger partial charge in [0.15, 0.2) is 11.5 Å². The molecule has 1 fully saturated rings. The summed E-state index contributed by atoms with van der Waals surface area (Å²) in [6.07, 6.45) is 0.839. The summed E-state index contributed by atoms with van der Waals surface area (Å²) in [5, 5.41) is 7.56. The van der Waals surface area contributed by atoms with Gasteiger partial charge in [-0.25, -0.2) is 0 Å². The van der Waals surface area contributed by atoms with E-state index >= 15 is 0 Å². The molecule has 0 amide bonds. The number of methoxy groups -OCH3 is 1. The number of ether oxygens (including phenoxy) is 3. The molecule has 136 valence electrons. The van der Waals surface area contributed by atoms with Gasteiger partial charge in [0.25, 0.3) is 0 Å². The first-order valence-corrected chi connectivity index (χ1v) is 8.72. The lowest BCUT2D eigenvalue weighted by Gasteiger charge is -2.18. The summed E-state index contributed by atoms with van der Waals surface area (Å²) in [6.45, 7) is 6.73. The smallest absolute Gasteiger partial charge is 0.161 e. The highest BCUT2D eigenvalue weighted by molar-refractivity contribution is 5.42. The van der Waals surface area contributed by atoms with Crippen molar-refractivity contribution < 1.29 is 18.7 Å². The number of rotatable bonds is 8. The summed E-state index contributed by atoms with van der Waals surface area (Å²) in [7, 11) is 1.65. The molecule has 0 aliphatic carbocycles. The summed E-state index contributed by atoms with van der Waals surface area (Å²) >= 11 is 0. The minimum Gasteiger partial charge on any atom is -0.493 e. The molecule has 0 saturated carbocycles. The Hall–Kier alpha value is -2.05. The van der Waals surface area contributed by atoms with Crippen molar-refractivity contribution in [2.45, 2.75) is 32.9 Å². The van der Waals surface area contributed by atoms with Gasteiger partial charge in [0.1, 0.15) is 5.76 Å². The molecule has 2 heterocycles. The minimum absolute atomic E-state index is 0.294. The molecule has 0 spiro atoms. The maximum Gasteiger partial charge on any atom is 0.161 e. The summed E-state index contributed by atoms with van der Waals surface area (Å²) in [5.74, 6) is 2.84. The predicted octanol–water partition coefficient (Wildman–Crippen LogP) is 2.74. The van der Waals surface area contributed by atoms with Gasteiger partial charge in [-0.1, -0.05) is 11.2 Å². The third-order valence-electron chi connectivity index (χ3n) is 4.43. The van der Waals surface area contributed by atoms with Crippen LogP contribution in [0.15, 0.2) is 28.8 Å². The van der Waals surface area contributed by atoms with Crippen molar-refractivity contribution in [3.63, 3.8) is 0 Å². The largest absolute Gasteiger partial charge is 0.493 e. The Labute approximate surface area is 148 Å². The third-order valence-corrected chi connectivity index (χ3v) is 4.43. The van der Waals surface area contributed by atoms with Crippen molar-refractivity contribution in [1.29, 1.82) is 0 Å². The number of nitrogens with zero attached hydrogens (tertiary/aromatic N) is 1. The lowest BCUT2D eigenvalue weighted by atomic mass is 9.98. The van der Waals surface area contributed by atoms with E-state index in [4.69, 9.17) is 18.7 Å². The second-order valence-electron chi connectivity index (χ2n) is 6.34. The van der Waals surface area contributed by atoms with E-state index in [0.29, 0.717) is 25.2 Å². The van der Waals surface area contributed by atoms with Crippen LogP contribution in [0.2, 0.25) is 0 Å². The summed E-state index contributed by atoms with van der Waals surface area (Å²) < 4.78 is 22.0. The SMILES string of the molecule is CCOc1cc(CN[C@@H]2COC[C@H]2Cc2cc(C)no2)ccc1OC. The molecule has 0 radical (unpaired) electrons. The van der Waals surface area contributed by atoms with Crippen LogP contribution in [0.5, 0.6) is 11.5 Å². The molecule has 25 heavy (non-hydrogen) atoms. The standard InChI is InChI=1S/C19H26N2O4/c1-4-24-19-8-14(5-6-18(19)22-3)10-20-17-12-23-11-15(17)9-16-7-13(2)21-25-16/h5-8,15,17,20H,4,9-12H2,1-3H3/t15-,17-/m1/s1. The second-order valence-corrected chi connectivity index (χ2v) is 6.34. The topological polar surface area (TPSA) is 65.8 Å². The highest BCUT2D eigenvalue weighted by Gasteiger charge is 2.29. The number of hydrogen-bond donors (Lipinski definition) is 1. The molecule has 1 aromatic carbocycles.